The Morgan fingerprint density at radius 3 is 3.21 bits per heavy atom. The Hall–Kier alpha value is -1.62. The third-order valence-corrected chi connectivity index (χ3v) is 4.10. The largest absolute Gasteiger partial charge is 0.464 e. The van der Waals surface area contributed by atoms with Crippen LogP contribution in [0.2, 0.25) is 0 Å². The van der Waals surface area contributed by atoms with E-state index >= 15 is 0 Å². The van der Waals surface area contributed by atoms with Gasteiger partial charge in [0.15, 0.2) is 0 Å². The van der Waals surface area contributed by atoms with Crippen LogP contribution in [0.4, 0.5) is 5.69 Å². The standard InChI is InChI=1S/C14H19N3O2/c1-19-14(18)12-7-11(4-6-16-12)17-8-10-3-2-5-15-13(10)9-17/h4,6-7,10,13,15H,2-3,5,8-9H2,1H3. The summed E-state index contributed by atoms with van der Waals surface area (Å²) in [7, 11) is 1.38. The zero-order valence-corrected chi connectivity index (χ0v) is 11.1. The number of ether oxygens (including phenoxy) is 1. The van der Waals surface area contributed by atoms with Gasteiger partial charge in [-0.05, 0) is 37.4 Å². The molecule has 102 valence electrons. The molecule has 2 fully saturated rings. The number of piperidine rings is 1. The lowest BCUT2D eigenvalue weighted by atomic mass is 9.94. The summed E-state index contributed by atoms with van der Waals surface area (Å²) < 4.78 is 4.72. The summed E-state index contributed by atoms with van der Waals surface area (Å²) >= 11 is 0. The van der Waals surface area contributed by atoms with Gasteiger partial charge in [0.25, 0.3) is 0 Å². The van der Waals surface area contributed by atoms with Gasteiger partial charge in [0.05, 0.1) is 7.11 Å². The van der Waals surface area contributed by atoms with Crippen LogP contribution in [0.5, 0.6) is 0 Å². The van der Waals surface area contributed by atoms with Gasteiger partial charge in [-0.25, -0.2) is 9.78 Å². The van der Waals surface area contributed by atoms with Gasteiger partial charge in [0, 0.05) is 31.0 Å². The molecule has 0 saturated carbocycles. The first-order valence-corrected chi connectivity index (χ1v) is 6.80. The maximum atomic E-state index is 11.5. The lowest BCUT2D eigenvalue weighted by Crippen LogP contribution is -2.40. The van der Waals surface area contributed by atoms with Crippen molar-refractivity contribution in [2.75, 3.05) is 31.6 Å². The molecular weight excluding hydrogens is 242 g/mol. The molecule has 2 atom stereocenters. The highest BCUT2D eigenvalue weighted by Crippen LogP contribution is 2.29. The number of methoxy groups -OCH3 is 1. The first-order chi connectivity index (χ1) is 9.28. The molecule has 2 unspecified atom stereocenters. The predicted molar refractivity (Wildman–Crippen MR) is 72.3 cm³/mol. The molecule has 5 heteroatoms. The molecule has 0 bridgehead atoms. The second kappa shape index (κ2) is 5.17. The minimum Gasteiger partial charge on any atom is -0.464 e. The Labute approximate surface area is 113 Å². The number of anilines is 1. The zero-order chi connectivity index (χ0) is 13.2. The van der Waals surface area contributed by atoms with Gasteiger partial charge >= 0.3 is 5.97 Å². The van der Waals surface area contributed by atoms with Gasteiger partial charge < -0.3 is 15.0 Å². The molecule has 0 spiro atoms. The third kappa shape index (κ3) is 2.42. The average Bonchev–Trinajstić information content (AvgIpc) is 2.90. The van der Waals surface area contributed by atoms with Crippen molar-refractivity contribution >= 4 is 11.7 Å². The van der Waals surface area contributed by atoms with E-state index in [9.17, 15) is 4.79 Å². The molecule has 0 amide bonds. The van der Waals surface area contributed by atoms with Crippen LogP contribution in [0.1, 0.15) is 23.3 Å². The zero-order valence-electron chi connectivity index (χ0n) is 11.1. The summed E-state index contributed by atoms with van der Waals surface area (Å²) in [5.41, 5.74) is 1.44. The second-order valence-corrected chi connectivity index (χ2v) is 5.26. The number of hydrogen-bond donors (Lipinski definition) is 1. The van der Waals surface area contributed by atoms with Crippen LogP contribution >= 0.6 is 0 Å². The van der Waals surface area contributed by atoms with E-state index in [2.05, 4.69) is 15.2 Å². The van der Waals surface area contributed by atoms with Gasteiger partial charge in [-0.1, -0.05) is 0 Å². The van der Waals surface area contributed by atoms with Gasteiger partial charge in [-0.3, -0.25) is 0 Å². The lowest BCUT2D eigenvalue weighted by molar-refractivity contribution is 0.0594. The van der Waals surface area contributed by atoms with Gasteiger partial charge in [-0.15, -0.1) is 0 Å². The molecule has 1 N–H and O–H groups in total. The van der Waals surface area contributed by atoms with E-state index in [-0.39, 0.29) is 5.97 Å². The number of nitrogens with zero attached hydrogens (tertiary/aromatic N) is 2. The van der Waals surface area contributed by atoms with E-state index < -0.39 is 0 Å². The summed E-state index contributed by atoms with van der Waals surface area (Å²) in [6.45, 7) is 3.19. The van der Waals surface area contributed by atoms with Crippen molar-refractivity contribution in [1.29, 1.82) is 0 Å². The Morgan fingerprint density at radius 1 is 1.53 bits per heavy atom. The molecule has 5 nitrogen and oxygen atoms in total. The highest BCUT2D eigenvalue weighted by Gasteiger charge is 2.34. The van der Waals surface area contributed by atoms with E-state index in [1.165, 1.54) is 20.0 Å². The van der Waals surface area contributed by atoms with Crippen LogP contribution in [0.3, 0.4) is 0 Å². The minimum atomic E-state index is -0.378. The van der Waals surface area contributed by atoms with Crippen molar-refractivity contribution in [3.8, 4) is 0 Å². The number of hydrogen-bond acceptors (Lipinski definition) is 5. The Bertz CT molecular complexity index is 464. The van der Waals surface area contributed by atoms with Crippen LogP contribution in [0.15, 0.2) is 18.3 Å². The second-order valence-electron chi connectivity index (χ2n) is 5.26. The number of fused-ring (bicyclic) bond motifs is 1. The third-order valence-electron chi connectivity index (χ3n) is 4.10. The molecule has 0 radical (unpaired) electrons. The lowest BCUT2D eigenvalue weighted by Gasteiger charge is -2.24. The van der Waals surface area contributed by atoms with E-state index in [1.54, 1.807) is 6.20 Å². The molecule has 0 aliphatic carbocycles. The molecule has 1 aromatic heterocycles. The number of esters is 1. The van der Waals surface area contributed by atoms with E-state index in [0.29, 0.717) is 11.7 Å². The summed E-state index contributed by atoms with van der Waals surface area (Å²) in [6, 6.07) is 4.37. The number of aromatic nitrogens is 1. The summed E-state index contributed by atoms with van der Waals surface area (Å²) in [4.78, 5) is 17.9. The van der Waals surface area contributed by atoms with E-state index in [1.807, 2.05) is 12.1 Å². The average molecular weight is 261 g/mol. The number of carbonyl (C=O) groups is 1. The molecule has 2 aliphatic rings. The van der Waals surface area contributed by atoms with Crippen LogP contribution in [0, 0.1) is 5.92 Å². The fraction of sp³-hybridized carbons (Fsp3) is 0.571. The number of pyridine rings is 1. The van der Waals surface area contributed by atoms with Gasteiger partial charge in [0.2, 0.25) is 0 Å². The van der Waals surface area contributed by atoms with Gasteiger partial charge in [0.1, 0.15) is 5.69 Å². The fourth-order valence-electron chi connectivity index (χ4n) is 3.09. The molecule has 2 saturated heterocycles. The molecule has 19 heavy (non-hydrogen) atoms. The van der Waals surface area contributed by atoms with Crippen LogP contribution < -0.4 is 10.2 Å². The molecule has 2 aliphatic heterocycles. The normalized spacial score (nSPS) is 26.1. The molecule has 3 heterocycles. The maximum absolute atomic E-state index is 11.5. The van der Waals surface area contributed by atoms with E-state index in [4.69, 9.17) is 4.74 Å². The topological polar surface area (TPSA) is 54.5 Å². The highest BCUT2D eigenvalue weighted by molar-refractivity contribution is 5.88. The van der Waals surface area contributed by atoms with E-state index in [0.717, 1.165) is 31.2 Å². The molecule has 0 aromatic carbocycles. The molecule has 3 rings (SSSR count). The van der Waals surface area contributed by atoms with Gasteiger partial charge in [-0.2, -0.15) is 0 Å². The van der Waals surface area contributed by atoms with Crippen molar-refractivity contribution in [2.24, 2.45) is 5.92 Å². The predicted octanol–water partition coefficient (Wildman–Crippen LogP) is 1.06. The monoisotopic (exact) mass is 261 g/mol. The van der Waals surface area contributed by atoms with Crippen LogP contribution in [-0.2, 0) is 4.74 Å². The Kier molecular flexibility index (Phi) is 3.38. The molecule has 1 aromatic rings. The van der Waals surface area contributed by atoms with Crippen molar-refractivity contribution in [2.45, 2.75) is 18.9 Å². The Balaban J connectivity index is 1.77. The first kappa shape index (κ1) is 12.4. The maximum Gasteiger partial charge on any atom is 0.356 e. The highest BCUT2D eigenvalue weighted by atomic mass is 16.5. The summed E-state index contributed by atoms with van der Waals surface area (Å²) in [5, 5.41) is 3.58. The fourth-order valence-corrected chi connectivity index (χ4v) is 3.09. The SMILES string of the molecule is COC(=O)c1cc(N2CC3CCCNC3C2)ccn1. The first-order valence-electron chi connectivity index (χ1n) is 6.80. The van der Waals surface area contributed by atoms with Crippen molar-refractivity contribution in [1.82, 2.24) is 10.3 Å². The quantitative estimate of drug-likeness (QED) is 0.807. The molecular formula is C14H19N3O2. The smallest absolute Gasteiger partial charge is 0.356 e. The number of carbonyl (C=O) groups excluding carboxylic acids is 1. The summed E-state index contributed by atoms with van der Waals surface area (Å²) in [5.74, 6) is 0.347. The van der Waals surface area contributed by atoms with Crippen LogP contribution in [-0.4, -0.2) is 43.7 Å². The van der Waals surface area contributed by atoms with Crippen LogP contribution in [0.25, 0.3) is 0 Å². The number of nitrogens with one attached hydrogen (secondary N) is 1. The summed E-state index contributed by atoms with van der Waals surface area (Å²) in [6.07, 6.45) is 4.23. The number of rotatable bonds is 2. The van der Waals surface area contributed by atoms with Crippen molar-refractivity contribution in [3.05, 3.63) is 24.0 Å². The minimum absolute atomic E-state index is 0.378. The Morgan fingerprint density at radius 2 is 2.42 bits per heavy atom. The van der Waals surface area contributed by atoms with Crippen molar-refractivity contribution in [3.63, 3.8) is 0 Å². The van der Waals surface area contributed by atoms with Crippen molar-refractivity contribution < 1.29 is 9.53 Å².